The summed E-state index contributed by atoms with van der Waals surface area (Å²) < 4.78 is 5.56. The Morgan fingerprint density at radius 2 is 1.77 bits per heavy atom. The van der Waals surface area contributed by atoms with Gasteiger partial charge in [-0.1, -0.05) is 57.2 Å². The Hall–Kier alpha value is -1.94. The lowest BCUT2D eigenvalue weighted by Gasteiger charge is -2.19. The molecule has 1 N–H and O–H groups in total. The van der Waals surface area contributed by atoms with Crippen LogP contribution in [-0.4, -0.2) is 24.8 Å². The monoisotopic (exact) mass is 371 g/mol. The number of amides is 1. The normalized spacial score (nSPS) is 11.2. The van der Waals surface area contributed by atoms with Crippen molar-refractivity contribution in [2.45, 2.75) is 38.9 Å². The van der Waals surface area contributed by atoms with Crippen molar-refractivity contribution in [2.24, 2.45) is 0 Å². The molecule has 0 fully saturated rings. The minimum atomic E-state index is -0.0820. The van der Waals surface area contributed by atoms with Gasteiger partial charge in [0.15, 0.2) is 6.61 Å². The topological polar surface area (TPSA) is 38.3 Å². The average molecular weight is 372 g/mol. The molecule has 0 unspecified atom stereocenters. The summed E-state index contributed by atoms with van der Waals surface area (Å²) in [6.07, 6.45) is 0. The average Bonchev–Trinajstić information content (AvgIpc) is 2.61. The van der Waals surface area contributed by atoms with Crippen molar-refractivity contribution in [1.29, 1.82) is 0 Å². The lowest BCUT2D eigenvalue weighted by Crippen LogP contribution is -2.30. The number of rotatable bonds is 8. The molecule has 0 bridgehead atoms. The molecular formula is C22H29NO2S. The Morgan fingerprint density at radius 3 is 2.42 bits per heavy atom. The van der Waals surface area contributed by atoms with Crippen molar-refractivity contribution in [3.05, 3.63) is 65.2 Å². The molecule has 3 nitrogen and oxygen atoms in total. The summed E-state index contributed by atoms with van der Waals surface area (Å²) in [7, 11) is 0. The van der Waals surface area contributed by atoms with E-state index < -0.39 is 0 Å². The molecule has 2 rings (SSSR count). The lowest BCUT2D eigenvalue weighted by molar-refractivity contribution is -0.122. The third-order valence-electron chi connectivity index (χ3n) is 4.18. The van der Waals surface area contributed by atoms with Gasteiger partial charge in [0.2, 0.25) is 0 Å². The van der Waals surface area contributed by atoms with E-state index in [0.717, 1.165) is 17.3 Å². The Morgan fingerprint density at radius 1 is 1.08 bits per heavy atom. The maximum atomic E-state index is 11.9. The number of carbonyl (C=O) groups is 1. The first-order valence-corrected chi connectivity index (χ1v) is 10.1. The van der Waals surface area contributed by atoms with E-state index in [1.807, 2.05) is 23.9 Å². The van der Waals surface area contributed by atoms with Crippen molar-refractivity contribution in [3.63, 3.8) is 0 Å². The predicted molar refractivity (Wildman–Crippen MR) is 111 cm³/mol. The molecule has 0 radical (unpaired) electrons. The standard InChI is InChI=1S/C22H29NO2S/c1-17-7-5-6-8-18(17)16-26-14-13-23-21(24)15-25-20-11-9-19(10-12-20)22(2,3)4/h5-12H,13-16H2,1-4H3,(H,23,24). The first-order chi connectivity index (χ1) is 12.4. The van der Waals surface area contributed by atoms with E-state index in [0.29, 0.717) is 6.54 Å². The van der Waals surface area contributed by atoms with Crippen LogP contribution in [0.3, 0.4) is 0 Å². The highest BCUT2D eigenvalue weighted by Gasteiger charge is 2.13. The molecule has 0 saturated heterocycles. The van der Waals surface area contributed by atoms with E-state index in [2.05, 4.69) is 69.4 Å². The summed E-state index contributed by atoms with van der Waals surface area (Å²) in [5.74, 6) is 2.50. The number of nitrogens with one attached hydrogen (secondary N) is 1. The second-order valence-electron chi connectivity index (χ2n) is 7.39. The molecule has 26 heavy (non-hydrogen) atoms. The number of carbonyl (C=O) groups excluding carboxylic acids is 1. The summed E-state index contributed by atoms with van der Waals surface area (Å²) >= 11 is 1.83. The van der Waals surface area contributed by atoms with E-state index >= 15 is 0 Å². The van der Waals surface area contributed by atoms with Gasteiger partial charge in [0.05, 0.1) is 0 Å². The molecule has 1 amide bonds. The Labute approximate surface area is 161 Å². The van der Waals surface area contributed by atoms with Crippen molar-refractivity contribution >= 4 is 17.7 Å². The van der Waals surface area contributed by atoms with Crippen LogP contribution in [0.2, 0.25) is 0 Å². The predicted octanol–water partition coefficient (Wildman–Crippen LogP) is 4.72. The van der Waals surface area contributed by atoms with Crippen molar-refractivity contribution in [2.75, 3.05) is 18.9 Å². The van der Waals surface area contributed by atoms with Crippen LogP contribution in [0.1, 0.15) is 37.5 Å². The van der Waals surface area contributed by atoms with E-state index in [1.54, 1.807) is 0 Å². The van der Waals surface area contributed by atoms with Gasteiger partial charge in [-0.15, -0.1) is 0 Å². The number of ether oxygens (including phenoxy) is 1. The van der Waals surface area contributed by atoms with Gasteiger partial charge < -0.3 is 10.1 Å². The Kier molecular flexibility index (Phi) is 7.58. The van der Waals surface area contributed by atoms with Crippen LogP contribution in [0.4, 0.5) is 0 Å². The third-order valence-corrected chi connectivity index (χ3v) is 5.19. The summed E-state index contributed by atoms with van der Waals surface area (Å²) in [6.45, 7) is 9.36. The van der Waals surface area contributed by atoms with Gasteiger partial charge in [0.25, 0.3) is 5.91 Å². The van der Waals surface area contributed by atoms with E-state index in [-0.39, 0.29) is 17.9 Å². The minimum absolute atomic E-state index is 0.0529. The number of benzene rings is 2. The van der Waals surface area contributed by atoms with E-state index in [9.17, 15) is 4.79 Å². The second kappa shape index (κ2) is 9.67. The molecule has 2 aromatic rings. The van der Waals surface area contributed by atoms with Crippen LogP contribution >= 0.6 is 11.8 Å². The maximum absolute atomic E-state index is 11.9. The molecule has 0 aromatic heterocycles. The second-order valence-corrected chi connectivity index (χ2v) is 8.50. The molecule has 0 aliphatic heterocycles. The molecule has 0 atom stereocenters. The highest BCUT2D eigenvalue weighted by atomic mass is 32.2. The first-order valence-electron chi connectivity index (χ1n) is 8.98. The summed E-state index contributed by atoms with van der Waals surface area (Å²) in [6, 6.07) is 16.3. The van der Waals surface area contributed by atoms with Crippen molar-refractivity contribution in [3.8, 4) is 5.75 Å². The van der Waals surface area contributed by atoms with Crippen molar-refractivity contribution in [1.82, 2.24) is 5.32 Å². The highest BCUT2D eigenvalue weighted by molar-refractivity contribution is 7.98. The quantitative estimate of drug-likeness (QED) is 0.682. The number of hydrogen-bond donors (Lipinski definition) is 1. The van der Waals surface area contributed by atoms with Crippen LogP contribution in [-0.2, 0) is 16.0 Å². The molecule has 0 heterocycles. The van der Waals surface area contributed by atoms with Gasteiger partial charge >= 0.3 is 0 Å². The largest absolute Gasteiger partial charge is 0.484 e. The third kappa shape index (κ3) is 6.75. The fraction of sp³-hybridized carbons (Fsp3) is 0.409. The number of hydrogen-bond acceptors (Lipinski definition) is 3. The lowest BCUT2D eigenvalue weighted by atomic mass is 9.87. The molecule has 2 aromatic carbocycles. The van der Waals surface area contributed by atoms with Crippen LogP contribution in [0.15, 0.2) is 48.5 Å². The minimum Gasteiger partial charge on any atom is -0.484 e. The number of thioether (sulfide) groups is 1. The molecular weight excluding hydrogens is 342 g/mol. The van der Waals surface area contributed by atoms with E-state index in [4.69, 9.17) is 4.74 Å². The molecule has 0 aliphatic rings. The highest BCUT2D eigenvalue weighted by Crippen LogP contribution is 2.24. The number of aryl methyl sites for hydroxylation is 1. The summed E-state index contributed by atoms with van der Waals surface area (Å²) in [5.41, 5.74) is 4.03. The van der Waals surface area contributed by atoms with Crippen LogP contribution in [0, 0.1) is 6.92 Å². The van der Waals surface area contributed by atoms with Gasteiger partial charge in [-0.2, -0.15) is 11.8 Å². The van der Waals surface area contributed by atoms with Crippen molar-refractivity contribution < 1.29 is 9.53 Å². The molecule has 0 saturated carbocycles. The van der Waals surface area contributed by atoms with Gasteiger partial charge in [0.1, 0.15) is 5.75 Å². The summed E-state index contributed by atoms with van der Waals surface area (Å²) in [5, 5.41) is 2.90. The summed E-state index contributed by atoms with van der Waals surface area (Å²) in [4.78, 5) is 11.9. The van der Waals surface area contributed by atoms with Gasteiger partial charge in [-0.25, -0.2) is 0 Å². The van der Waals surface area contributed by atoms with Gasteiger partial charge in [-0.3, -0.25) is 4.79 Å². The van der Waals surface area contributed by atoms with E-state index in [1.165, 1.54) is 16.7 Å². The zero-order valence-corrected chi connectivity index (χ0v) is 17.0. The van der Waals surface area contributed by atoms with Crippen LogP contribution in [0.25, 0.3) is 0 Å². The zero-order chi connectivity index (χ0) is 19.0. The van der Waals surface area contributed by atoms with Gasteiger partial charge in [-0.05, 0) is 41.2 Å². The first kappa shape index (κ1) is 20.4. The zero-order valence-electron chi connectivity index (χ0n) is 16.2. The Bertz CT molecular complexity index is 705. The fourth-order valence-electron chi connectivity index (χ4n) is 2.47. The maximum Gasteiger partial charge on any atom is 0.257 e. The fourth-order valence-corrected chi connectivity index (χ4v) is 3.40. The molecule has 0 spiro atoms. The molecule has 4 heteroatoms. The Balaban J connectivity index is 1.62. The molecule has 140 valence electrons. The van der Waals surface area contributed by atoms with Crippen LogP contribution < -0.4 is 10.1 Å². The smallest absolute Gasteiger partial charge is 0.257 e. The van der Waals surface area contributed by atoms with Gasteiger partial charge in [0, 0.05) is 18.1 Å². The van der Waals surface area contributed by atoms with Crippen LogP contribution in [0.5, 0.6) is 5.75 Å². The SMILES string of the molecule is Cc1ccccc1CSCCNC(=O)COc1ccc(C(C)(C)C)cc1. The molecule has 0 aliphatic carbocycles.